The molecule has 0 aromatic heterocycles. The van der Waals surface area contributed by atoms with Gasteiger partial charge in [-0.2, -0.15) is 0 Å². The van der Waals surface area contributed by atoms with Gasteiger partial charge in [0.05, 0.1) is 12.7 Å². The molecular weight excluding hydrogens is 174 g/mol. The van der Waals surface area contributed by atoms with Crippen LogP contribution in [0.4, 0.5) is 9.59 Å². The number of hydrogen-bond acceptors (Lipinski definition) is 4. The molecule has 0 saturated carbocycles. The first kappa shape index (κ1) is 11.7. The fourth-order valence-electron chi connectivity index (χ4n) is 0.558. The first-order valence-electron chi connectivity index (χ1n) is 4.20. The van der Waals surface area contributed by atoms with E-state index in [0.717, 1.165) is 0 Å². The zero-order valence-electron chi connectivity index (χ0n) is 8.12. The third-order valence-electron chi connectivity index (χ3n) is 0.984. The number of hydrogen-bond donors (Lipinski definition) is 1. The molecule has 0 saturated heterocycles. The lowest BCUT2D eigenvalue weighted by Gasteiger charge is -2.08. The summed E-state index contributed by atoms with van der Waals surface area (Å²) >= 11 is 0. The second-order valence-electron chi connectivity index (χ2n) is 2.71. The van der Waals surface area contributed by atoms with Gasteiger partial charge in [-0.05, 0) is 20.3 Å². The van der Waals surface area contributed by atoms with Crippen molar-refractivity contribution in [3.05, 3.63) is 0 Å². The normalized spacial score (nSPS) is 9.54. The van der Waals surface area contributed by atoms with Crippen LogP contribution in [-0.4, -0.2) is 24.9 Å². The molecule has 5 nitrogen and oxygen atoms in total. The molecular formula is C8H15NO4. The summed E-state index contributed by atoms with van der Waals surface area (Å²) in [6.07, 6.45) is -1.09. The van der Waals surface area contributed by atoms with Crippen LogP contribution in [-0.2, 0) is 9.47 Å². The van der Waals surface area contributed by atoms with Gasteiger partial charge in [0.2, 0.25) is 0 Å². The van der Waals surface area contributed by atoms with Crippen LogP contribution in [0.5, 0.6) is 0 Å². The molecule has 0 unspecified atom stereocenters. The highest BCUT2D eigenvalue weighted by molar-refractivity contribution is 5.87. The molecule has 0 rings (SSSR count). The number of nitrogens with one attached hydrogen (secondary N) is 1. The largest absolute Gasteiger partial charge is 0.449 e. The number of amides is 2. The van der Waals surface area contributed by atoms with E-state index in [1.807, 2.05) is 12.2 Å². The molecule has 0 fully saturated rings. The summed E-state index contributed by atoms with van der Waals surface area (Å²) in [4.78, 5) is 21.6. The molecule has 0 aliphatic heterocycles. The molecule has 1 N–H and O–H groups in total. The van der Waals surface area contributed by atoms with Crippen LogP contribution in [0.15, 0.2) is 0 Å². The highest BCUT2D eigenvalue weighted by Gasteiger charge is 2.10. The Bertz CT molecular complexity index is 179. The van der Waals surface area contributed by atoms with Gasteiger partial charge >= 0.3 is 12.2 Å². The zero-order valence-corrected chi connectivity index (χ0v) is 8.12. The van der Waals surface area contributed by atoms with E-state index in [1.54, 1.807) is 13.8 Å². The monoisotopic (exact) mass is 189 g/mol. The van der Waals surface area contributed by atoms with Crippen LogP contribution in [0, 0.1) is 0 Å². The fraction of sp³-hybridized carbons (Fsp3) is 0.750. The van der Waals surface area contributed by atoms with Gasteiger partial charge in [0.25, 0.3) is 0 Å². The van der Waals surface area contributed by atoms with Gasteiger partial charge in [0.15, 0.2) is 0 Å². The van der Waals surface area contributed by atoms with Crippen molar-refractivity contribution in [2.45, 2.75) is 33.3 Å². The van der Waals surface area contributed by atoms with Crippen LogP contribution >= 0.6 is 0 Å². The highest BCUT2D eigenvalue weighted by atomic mass is 16.6. The third-order valence-corrected chi connectivity index (χ3v) is 0.984. The van der Waals surface area contributed by atoms with Crippen molar-refractivity contribution < 1.29 is 19.1 Å². The van der Waals surface area contributed by atoms with E-state index in [9.17, 15) is 9.59 Å². The number of imide groups is 1. The van der Waals surface area contributed by atoms with Crippen molar-refractivity contribution in [1.29, 1.82) is 0 Å². The van der Waals surface area contributed by atoms with E-state index in [4.69, 9.17) is 0 Å². The lowest BCUT2D eigenvalue weighted by atomic mass is 10.5. The predicted octanol–water partition coefficient (Wildman–Crippen LogP) is 1.67. The molecule has 76 valence electrons. The summed E-state index contributed by atoms with van der Waals surface area (Å²) in [6.45, 7) is 5.54. The second-order valence-corrected chi connectivity index (χ2v) is 2.71. The smallest absolute Gasteiger partial charge is 0.416 e. The molecule has 0 aliphatic rings. The molecule has 0 spiro atoms. The molecule has 0 aromatic rings. The Balaban J connectivity index is 3.59. The molecule has 0 radical (unpaired) electrons. The number of carbonyl (C=O) groups excluding carboxylic acids is 2. The topological polar surface area (TPSA) is 64.6 Å². The molecule has 0 atom stereocenters. The van der Waals surface area contributed by atoms with Gasteiger partial charge in [-0.25, -0.2) is 14.9 Å². The molecule has 0 bridgehead atoms. The zero-order chi connectivity index (χ0) is 10.3. The molecule has 0 aliphatic carbocycles. The first-order valence-corrected chi connectivity index (χ1v) is 4.20. The lowest BCUT2D eigenvalue weighted by Crippen LogP contribution is -2.33. The standard InChI is InChI=1S/C8H15NO4/c1-4-5-12-7(10)9-8(11)13-6(2)3/h6H,4-5H2,1-3H3,(H,9,10,11). The van der Waals surface area contributed by atoms with Gasteiger partial charge < -0.3 is 9.47 Å². The van der Waals surface area contributed by atoms with Crippen molar-refractivity contribution in [2.24, 2.45) is 0 Å². The van der Waals surface area contributed by atoms with Gasteiger partial charge in [-0.15, -0.1) is 0 Å². The number of carbonyl (C=O) groups is 2. The number of rotatable bonds is 3. The first-order chi connectivity index (χ1) is 6.06. The summed E-state index contributed by atoms with van der Waals surface area (Å²) in [5.74, 6) is 0. The number of alkyl carbamates (subject to hydrolysis) is 2. The maximum absolute atomic E-state index is 10.8. The van der Waals surface area contributed by atoms with Crippen LogP contribution in [0.3, 0.4) is 0 Å². The summed E-state index contributed by atoms with van der Waals surface area (Å²) in [5, 5.41) is 1.92. The minimum Gasteiger partial charge on any atom is -0.449 e. The average molecular weight is 189 g/mol. The van der Waals surface area contributed by atoms with Crippen LogP contribution in [0.2, 0.25) is 0 Å². The predicted molar refractivity (Wildman–Crippen MR) is 46.4 cm³/mol. The Labute approximate surface area is 77.4 Å². The van der Waals surface area contributed by atoms with E-state index in [-0.39, 0.29) is 6.10 Å². The van der Waals surface area contributed by atoms with E-state index < -0.39 is 12.2 Å². The van der Waals surface area contributed by atoms with Crippen LogP contribution in [0.1, 0.15) is 27.2 Å². The second kappa shape index (κ2) is 6.28. The maximum Gasteiger partial charge on any atom is 0.416 e. The van der Waals surface area contributed by atoms with E-state index in [0.29, 0.717) is 13.0 Å². The number of ether oxygens (including phenoxy) is 2. The Morgan fingerprint density at radius 2 is 1.92 bits per heavy atom. The van der Waals surface area contributed by atoms with Gasteiger partial charge in [0, 0.05) is 0 Å². The minimum atomic E-state index is -0.781. The van der Waals surface area contributed by atoms with Gasteiger partial charge in [-0.1, -0.05) is 6.92 Å². The Morgan fingerprint density at radius 3 is 2.38 bits per heavy atom. The summed E-state index contributed by atoms with van der Waals surface area (Å²) in [5.41, 5.74) is 0. The minimum absolute atomic E-state index is 0.251. The van der Waals surface area contributed by atoms with Crippen LogP contribution in [0.25, 0.3) is 0 Å². The van der Waals surface area contributed by atoms with Crippen molar-refractivity contribution in [1.82, 2.24) is 5.32 Å². The molecule has 13 heavy (non-hydrogen) atoms. The Hall–Kier alpha value is -1.26. The van der Waals surface area contributed by atoms with Crippen molar-refractivity contribution >= 4 is 12.2 Å². The molecule has 5 heteroatoms. The quantitative estimate of drug-likeness (QED) is 0.733. The van der Waals surface area contributed by atoms with Gasteiger partial charge in [-0.3, -0.25) is 0 Å². The van der Waals surface area contributed by atoms with E-state index in [1.165, 1.54) is 0 Å². The van der Waals surface area contributed by atoms with Crippen LogP contribution < -0.4 is 5.32 Å². The maximum atomic E-state index is 10.8. The molecule has 0 heterocycles. The Kier molecular flexibility index (Phi) is 5.67. The highest BCUT2D eigenvalue weighted by Crippen LogP contribution is 1.89. The average Bonchev–Trinajstić information content (AvgIpc) is 1.98. The van der Waals surface area contributed by atoms with E-state index in [2.05, 4.69) is 9.47 Å². The fourth-order valence-corrected chi connectivity index (χ4v) is 0.558. The summed E-state index contributed by atoms with van der Waals surface area (Å²) in [7, 11) is 0. The van der Waals surface area contributed by atoms with E-state index >= 15 is 0 Å². The van der Waals surface area contributed by atoms with Crippen molar-refractivity contribution in [3.8, 4) is 0 Å². The van der Waals surface area contributed by atoms with Gasteiger partial charge in [0.1, 0.15) is 0 Å². The lowest BCUT2D eigenvalue weighted by molar-refractivity contribution is 0.105. The summed E-state index contributed by atoms with van der Waals surface area (Å²) < 4.78 is 9.24. The summed E-state index contributed by atoms with van der Waals surface area (Å²) in [6, 6.07) is 0. The Morgan fingerprint density at radius 1 is 1.31 bits per heavy atom. The van der Waals surface area contributed by atoms with Crippen molar-refractivity contribution in [3.63, 3.8) is 0 Å². The third kappa shape index (κ3) is 7.11. The SMILES string of the molecule is CCCOC(=O)NC(=O)OC(C)C. The van der Waals surface area contributed by atoms with Crippen molar-refractivity contribution in [2.75, 3.05) is 6.61 Å². The molecule has 2 amide bonds. The molecule has 0 aromatic carbocycles.